The maximum atomic E-state index is 12.8. The van der Waals surface area contributed by atoms with Gasteiger partial charge in [-0.1, -0.05) is 30.3 Å². The molecular weight excluding hydrogens is 416 g/mol. The second-order valence-corrected chi connectivity index (χ2v) is 9.11. The summed E-state index contributed by atoms with van der Waals surface area (Å²) in [6.45, 7) is 4.29. The van der Waals surface area contributed by atoms with Crippen molar-refractivity contribution in [3.8, 4) is 5.88 Å². The Morgan fingerprint density at radius 2 is 1.85 bits per heavy atom. The minimum atomic E-state index is -0.0302. The van der Waals surface area contributed by atoms with E-state index in [4.69, 9.17) is 4.74 Å². The van der Waals surface area contributed by atoms with Gasteiger partial charge in [-0.05, 0) is 49.3 Å². The SMILES string of the molecule is COc1ncccc1C(=O)N1CCC(CCC(=O)NC2CCN(Cc3ccccc3)C2)CC1. The highest BCUT2D eigenvalue weighted by Crippen LogP contribution is 2.25. The molecule has 0 spiro atoms. The van der Waals surface area contributed by atoms with Crippen LogP contribution in [0.4, 0.5) is 0 Å². The average Bonchev–Trinajstić information content (AvgIpc) is 3.29. The lowest BCUT2D eigenvalue weighted by Crippen LogP contribution is -2.39. The molecule has 1 atom stereocenters. The second kappa shape index (κ2) is 11.3. The van der Waals surface area contributed by atoms with Crippen molar-refractivity contribution in [1.82, 2.24) is 20.1 Å². The van der Waals surface area contributed by atoms with Crippen molar-refractivity contribution in [3.05, 3.63) is 59.8 Å². The molecule has 0 radical (unpaired) electrons. The minimum absolute atomic E-state index is 0.0302. The van der Waals surface area contributed by atoms with Gasteiger partial charge in [0.15, 0.2) is 0 Å². The van der Waals surface area contributed by atoms with Crippen LogP contribution < -0.4 is 10.1 Å². The van der Waals surface area contributed by atoms with Crippen LogP contribution in [0.1, 0.15) is 48.0 Å². The Kier molecular flexibility index (Phi) is 7.94. The number of nitrogens with zero attached hydrogens (tertiary/aromatic N) is 3. The van der Waals surface area contributed by atoms with Gasteiger partial charge in [0, 0.05) is 51.4 Å². The van der Waals surface area contributed by atoms with Crippen LogP contribution in [0.2, 0.25) is 0 Å². The summed E-state index contributed by atoms with van der Waals surface area (Å²) >= 11 is 0. The van der Waals surface area contributed by atoms with Gasteiger partial charge in [0.25, 0.3) is 5.91 Å². The van der Waals surface area contributed by atoms with Crippen LogP contribution >= 0.6 is 0 Å². The summed E-state index contributed by atoms with van der Waals surface area (Å²) in [5.74, 6) is 0.974. The number of carbonyl (C=O) groups excluding carboxylic acids is 2. The molecule has 33 heavy (non-hydrogen) atoms. The van der Waals surface area contributed by atoms with Crippen LogP contribution in [-0.4, -0.2) is 65.9 Å². The zero-order chi connectivity index (χ0) is 23.0. The Morgan fingerprint density at radius 3 is 2.61 bits per heavy atom. The van der Waals surface area contributed by atoms with E-state index in [1.807, 2.05) is 11.0 Å². The van der Waals surface area contributed by atoms with E-state index in [-0.39, 0.29) is 17.9 Å². The van der Waals surface area contributed by atoms with Crippen molar-refractivity contribution in [2.24, 2.45) is 5.92 Å². The lowest BCUT2D eigenvalue weighted by atomic mass is 9.91. The third kappa shape index (κ3) is 6.32. The molecule has 2 aromatic rings. The van der Waals surface area contributed by atoms with E-state index in [0.29, 0.717) is 36.9 Å². The highest BCUT2D eigenvalue weighted by Gasteiger charge is 2.27. The van der Waals surface area contributed by atoms with Crippen LogP contribution in [0.3, 0.4) is 0 Å². The van der Waals surface area contributed by atoms with E-state index in [1.165, 1.54) is 12.7 Å². The molecule has 0 aliphatic carbocycles. The first-order chi connectivity index (χ1) is 16.1. The summed E-state index contributed by atoms with van der Waals surface area (Å²) < 4.78 is 5.23. The fourth-order valence-electron chi connectivity index (χ4n) is 4.88. The molecule has 4 rings (SSSR count). The molecule has 0 bridgehead atoms. The highest BCUT2D eigenvalue weighted by molar-refractivity contribution is 5.96. The van der Waals surface area contributed by atoms with Gasteiger partial charge in [0.2, 0.25) is 11.8 Å². The second-order valence-electron chi connectivity index (χ2n) is 9.11. The molecule has 0 saturated carbocycles. The lowest BCUT2D eigenvalue weighted by molar-refractivity contribution is -0.122. The zero-order valence-corrected chi connectivity index (χ0v) is 19.4. The molecule has 2 aliphatic rings. The van der Waals surface area contributed by atoms with E-state index < -0.39 is 0 Å². The summed E-state index contributed by atoms with van der Waals surface area (Å²) in [6.07, 6.45) is 5.93. The smallest absolute Gasteiger partial charge is 0.259 e. The summed E-state index contributed by atoms with van der Waals surface area (Å²) in [6, 6.07) is 14.2. The van der Waals surface area contributed by atoms with Crippen molar-refractivity contribution >= 4 is 11.8 Å². The number of pyridine rings is 1. The molecule has 1 N–H and O–H groups in total. The maximum absolute atomic E-state index is 12.8. The van der Waals surface area contributed by atoms with Crippen LogP contribution in [0.25, 0.3) is 0 Å². The van der Waals surface area contributed by atoms with Gasteiger partial charge in [-0.25, -0.2) is 4.98 Å². The fraction of sp³-hybridized carbons (Fsp3) is 0.500. The van der Waals surface area contributed by atoms with Crippen molar-refractivity contribution in [1.29, 1.82) is 0 Å². The number of benzene rings is 1. The summed E-state index contributed by atoms with van der Waals surface area (Å²) in [7, 11) is 1.53. The quantitative estimate of drug-likeness (QED) is 0.669. The molecule has 7 nitrogen and oxygen atoms in total. The van der Waals surface area contributed by atoms with Gasteiger partial charge < -0.3 is 15.0 Å². The van der Waals surface area contributed by atoms with E-state index in [2.05, 4.69) is 39.5 Å². The molecule has 1 aromatic heterocycles. The van der Waals surface area contributed by atoms with Gasteiger partial charge in [0.1, 0.15) is 5.56 Å². The normalized spacial score (nSPS) is 19.4. The van der Waals surface area contributed by atoms with Crippen molar-refractivity contribution in [2.45, 2.75) is 44.7 Å². The number of rotatable bonds is 8. The van der Waals surface area contributed by atoms with Crippen LogP contribution in [0.15, 0.2) is 48.7 Å². The van der Waals surface area contributed by atoms with Crippen molar-refractivity contribution in [2.75, 3.05) is 33.3 Å². The summed E-state index contributed by atoms with van der Waals surface area (Å²) in [5, 5.41) is 3.23. The summed E-state index contributed by atoms with van der Waals surface area (Å²) in [5.41, 5.74) is 1.83. The monoisotopic (exact) mass is 450 g/mol. The topological polar surface area (TPSA) is 74.8 Å². The first-order valence-corrected chi connectivity index (χ1v) is 12.0. The number of ether oxygens (including phenoxy) is 1. The number of likely N-dealkylation sites (tertiary alicyclic amines) is 2. The molecule has 2 fully saturated rings. The van der Waals surface area contributed by atoms with Crippen molar-refractivity contribution in [3.63, 3.8) is 0 Å². The minimum Gasteiger partial charge on any atom is -0.480 e. The number of piperidine rings is 1. The number of hydrogen-bond acceptors (Lipinski definition) is 5. The Bertz CT molecular complexity index is 928. The Balaban J connectivity index is 1.15. The Labute approximate surface area is 196 Å². The number of hydrogen-bond donors (Lipinski definition) is 1. The molecule has 2 amide bonds. The molecule has 1 unspecified atom stereocenters. The first-order valence-electron chi connectivity index (χ1n) is 12.0. The predicted octanol–water partition coefficient (Wildman–Crippen LogP) is 3.11. The maximum Gasteiger partial charge on any atom is 0.259 e. The molecule has 2 saturated heterocycles. The van der Waals surface area contributed by atoms with Gasteiger partial charge in [-0.2, -0.15) is 0 Å². The number of amides is 2. The van der Waals surface area contributed by atoms with Gasteiger partial charge in [-0.3, -0.25) is 14.5 Å². The Morgan fingerprint density at radius 1 is 1.06 bits per heavy atom. The van der Waals surface area contributed by atoms with Crippen LogP contribution in [-0.2, 0) is 11.3 Å². The fourth-order valence-corrected chi connectivity index (χ4v) is 4.88. The van der Waals surface area contributed by atoms with E-state index in [0.717, 1.165) is 45.3 Å². The summed E-state index contributed by atoms with van der Waals surface area (Å²) in [4.78, 5) is 33.8. The van der Waals surface area contributed by atoms with E-state index >= 15 is 0 Å². The largest absolute Gasteiger partial charge is 0.480 e. The van der Waals surface area contributed by atoms with E-state index in [9.17, 15) is 9.59 Å². The first kappa shape index (κ1) is 23.2. The average molecular weight is 451 g/mol. The van der Waals surface area contributed by atoms with E-state index in [1.54, 1.807) is 18.3 Å². The zero-order valence-electron chi connectivity index (χ0n) is 19.4. The molecule has 7 heteroatoms. The van der Waals surface area contributed by atoms with Gasteiger partial charge >= 0.3 is 0 Å². The number of nitrogens with one attached hydrogen (secondary N) is 1. The van der Waals surface area contributed by atoms with Crippen molar-refractivity contribution < 1.29 is 14.3 Å². The number of aromatic nitrogens is 1. The molecular formula is C26H34N4O3. The predicted molar refractivity (Wildman–Crippen MR) is 127 cm³/mol. The Hall–Kier alpha value is -2.93. The molecule has 176 valence electrons. The third-order valence-electron chi connectivity index (χ3n) is 6.76. The lowest BCUT2D eigenvalue weighted by Gasteiger charge is -2.32. The third-order valence-corrected chi connectivity index (χ3v) is 6.76. The molecule has 2 aliphatic heterocycles. The molecule has 3 heterocycles. The van der Waals surface area contributed by atoms with Crippen LogP contribution in [0, 0.1) is 5.92 Å². The number of carbonyl (C=O) groups is 2. The van der Waals surface area contributed by atoms with Gasteiger partial charge in [0.05, 0.1) is 7.11 Å². The molecule has 1 aromatic carbocycles. The number of methoxy groups -OCH3 is 1. The standard InChI is InChI=1S/C26H34N4O3/c1-33-25-23(8-5-14-27-25)26(32)30-16-11-20(12-17-30)9-10-24(31)28-22-13-15-29(19-22)18-21-6-3-2-4-7-21/h2-8,14,20,22H,9-13,15-19H2,1H3,(H,28,31). The van der Waals surface area contributed by atoms with Crippen LogP contribution in [0.5, 0.6) is 5.88 Å². The van der Waals surface area contributed by atoms with Gasteiger partial charge in [-0.15, -0.1) is 0 Å². The highest BCUT2D eigenvalue weighted by atomic mass is 16.5.